The summed E-state index contributed by atoms with van der Waals surface area (Å²) in [4.78, 5) is 16.3. The Morgan fingerprint density at radius 1 is 1.17 bits per heavy atom. The summed E-state index contributed by atoms with van der Waals surface area (Å²) in [6.07, 6.45) is 13.6. The zero-order chi connectivity index (χ0) is 16.3. The SMILES string of the molecule is CCCCCCCCNC(=O)COc1ccnc2c1CCCC2. The van der Waals surface area contributed by atoms with Crippen molar-refractivity contribution >= 4 is 5.91 Å². The van der Waals surface area contributed by atoms with E-state index < -0.39 is 0 Å². The number of carbonyl (C=O) groups is 1. The van der Waals surface area contributed by atoms with Crippen LogP contribution in [-0.2, 0) is 17.6 Å². The molecule has 4 nitrogen and oxygen atoms in total. The second-order valence-electron chi connectivity index (χ2n) is 6.35. The van der Waals surface area contributed by atoms with E-state index in [1.807, 2.05) is 6.07 Å². The number of nitrogens with zero attached hydrogens (tertiary/aromatic N) is 1. The molecule has 1 aromatic rings. The van der Waals surface area contributed by atoms with Gasteiger partial charge in [-0.1, -0.05) is 39.0 Å². The third kappa shape index (κ3) is 6.20. The predicted octanol–water partition coefficient (Wildman–Crippen LogP) is 3.82. The van der Waals surface area contributed by atoms with Crippen molar-refractivity contribution < 1.29 is 9.53 Å². The number of aryl methyl sites for hydroxylation is 1. The van der Waals surface area contributed by atoms with Crippen molar-refractivity contribution in [3.8, 4) is 5.75 Å². The maximum atomic E-state index is 11.9. The third-order valence-electron chi connectivity index (χ3n) is 4.40. The van der Waals surface area contributed by atoms with E-state index in [1.165, 1.54) is 50.5 Å². The van der Waals surface area contributed by atoms with Crippen LogP contribution in [0.25, 0.3) is 0 Å². The molecular formula is C19H30N2O2. The Bertz CT molecular complexity index is 488. The van der Waals surface area contributed by atoms with Crippen LogP contribution in [0.15, 0.2) is 12.3 Å². The molecule has 1 aromatic heterocycles. The van der Waals surface area contributed by atoms with Crippen LogP contribution in [0.4, 0.5) is 0 Å². The number of fused-ring (bicyclic) bond motifs is 1. The van der Waals surface area contributed by atoms with E-state index in [2.05, 4.69) is 17.2 Å². The zero-order valence-electron chi connectivity index (χ0n) is 14.4. The number of carbonyl (C=O) groups excluding carboxylic acids is 1. The second kappa shape index (κ2) is 10.2. The molecule has 0 atom stereocenters. The highest BCUT2D eigenvalue weighted by Crippen LogP contribution is 2.27. The molecule has 0 saturated carbocycles. The van der Waals surface area contributed by atoms with E-state index in [1.54, 1.807) is 6.20 Å². The summed E-state index contributed by atoms with van der Waals surface area (Å²) in [7, 11) is 0. The Kier molecular flexibility index (Phi) is 7.91. The van der Waals surface area contributed by atoms with Crippen LogP contribution < -0.4 is 10.1 Å². The van der Waals surface area contributed by atoms with Gasteiger partial charge in [-0.05, 0) is 38.2 Å². The fraction of sp³-hybridized carbons (Fsp3) is 0.684. The van der Waals surface area contributed by atoms with Gasteiger partial charge in [0.1, 0.15) is 5.75 Å². The van der Waals surface area contributed by atoms with Crippen LogP contribution in [-0.4, -0.2) is 24.0 Å². The van der Waals surface area contributed by atoms with E-state index in [4.69, 9.17) is 4.74 Å². The minimum absolute atomic E-state index is 0.0278. The third-order valence-corrected chi connectivity index (χ3v) is 4.40. The number of hydrogen-bond donors (Lipinski definition) is 1. The first-order valence-electron chi connectivity index (χ1n) is 9.17. The van der Waals surface area contributed by atoms with Gasteiger partial charge in [-0.15, -0.1) is 0 Å². The molecule has 0 aromatic carbocycles. The molecule has 23 heavy (non-hydrogen) atoms. The van der Waals surface area contributed by atoms with Crippen LogP contribution in [0, 0.1) is 0 Å². The second-order valence-corrected chi connectivity index (χ2v) is 6.35. The monoisotopic (exact) mass is 318 g/mol. The van der Waals surface area contributed by atoms with Crippen molar-refractivity contribution in [3.05, 3.63) is 23.5 Å². The molecule has 0 spiro atoms. The van der Waals surface area contributed by atoms with Gasteiger partial charge >= 0.3 is 0 Å². The molecule has 0 bridgehead atoms. The summed E-state index contributed by atoms with van der Waals surface area (Å²) in [5, 5.41) is 2.94. The number of amides is 1. The Balaban J connectivity index is 1.63. The first-order chi connectivity index (χ1) is 11.3. The van der Waals surface area contributed by atoms with Gasteiger partial charge in [0.05, 0.1) is 0 Å². The zero-order valence-corrected chi connectivity index (χ0v) is 14.4. The lowest BCUT2D eigenvalue weighted by molar-refractivity contribution is -0.123. The molecule has 1 heterocycles. The number of unbranched alkanes of at least 4 members (excludes halogenated alkanes) is 5. The minimum Gasteiger partial charge on any atom is -0.483 e. The molecular weight excluding hydrogens is 288 g/mol. The van der Waals surface area contributed by atoms with Gasteiger partial charge in [-0.25, -0.2) is 0 Å². The molecule has 1 aliphatic carbocycles. The number of hydrogen-bond acceptors (Lipinski definition) is 3. The fourth-order valence-corrected chi connectivity index (χ4v) is 3.06. The maximum Gasteiger partial charge on any atom is 0.257 e. The smallest absolute Gasteiger partial charge is 0.257 e. The summed E-state index contributed by atoms with van der Waals surface area (Å²) >= 11 is 0. The maximum absolute atomic E-state index is 11.9. The Morgan fingerprint density at radius 2 is 1.96 bits per heavy atom. The van der Waals surface area contributed by atoms with Crippen molar-refractivity contribution in [1.82, 2.24) is 10.3 Å². The number of pyridine rings is 1. The van der Waals surface area contributed by atoms with Gasteiger partial charge in [0, 0.05) is 24.0 Å². The molecule has 1 aliphatic rings. The van der Waals surface area contributed by atoms with Gasteiger partial charge in [0.15, 0.2) is 6.61 Å². The predicted molar refractivity (Wildman–Crippen MR) is 92.8 cm³/mol. The van der Waals surface area contributed by atoms with Crippen molar-refractivity contribution in [2.75, 3.05) is 13.2 Å². The van der Waals surface area contributed by atoms with Crippen LogP contribution in [0.5, 0.6) is 5.75 Å². The van der Waals surface area contributed by atoms with E-state index in [9.17, 15) is 4.79 Å². The highest BCUT2D eigenvalue weighted by Gasteiger charge is 2.15. The van der Waals surface area contributed by atoms with Crippen molar-refractivity contribution in [2.24, 2.45) is 0 Å². The lowest BCUT2D eigenvalue weighted by atomic mass is 9.95. The molecule has 0 saturated heterocycles. The molecule has 2 rings (SSSR count). The lowest BCUT2D eigenvalue weighted by Gasteiger charge is -2.18. The Hall–Kier alpha value is -1.58. The molecule has 128 valence electrons. The normalized spacial score (nSPS) is 13.4. The first kappa shape index (κ1) is 17.8. The fourth-order valence-electron chi connectivity index (χ4n) is 3.06. The highest BCUT2D eigenvalue weighted by molar-refractivity contribution is 5.77. The quantitative estimate of drug-likeness (QED) is 0.667. The highest BCUT2D eigenvalue weighted by atomic mass is 16.5. The molecule has 0 radical (unpaired) electrons. The van der Waals surface area contributed by atoms with Gasteiger partial charge in [-0.2, -0.15) is 0 Å². The summed E-state index contributed by atoms with van der Waals surface area (Å²) in [5.74, 6) is 0.810. The standard InChI is InChI=1S/C19H30N2O2/c1-2-3-4-5-6-9-13-21-19(22)15-23-18-12-14-20-17-11-8-7-10-16(17)18/h12,14H,2-11,13,15H2,1H3,(H,21,22). The van der Waals surface area contributed by atoms with Crippen molar-refractivity contribution in [1.29, 1.82) is 0 Å². The molecule has 0 fully saturated rings. The largest absolute Gasteiger partial charge is 0.483 e. The van der Waals surface area contributed by atoms with E-state index in [-0.39, 0.29) is 12.5 Å². The summed E-state index contributed by atoms with van der Waals surface area (Å²) in [5.41, 5.74) is 2.34. The average Bonchev–Trinajstić information content (AvgIpc) is 2.59. The first-order valence-corrected chi connectivity index (χ1v) is 9.17. The Morgan fingerprint density at radius 3 is 2.83 bits per heavy atom. The van der Waals surface area contributed by atoms with Crippen LogP contribution in [0.2, 0.25) is 0 Å². The van der Waals surface area contributed by atoms with E-state index in [0.29, 0.717) is 0 Å². The molecule has 4 heteroatoms. The minimum atomic E-state index is -0.0278. The van der Waals surface area contributed by atoms with Gasteiger partial charge in [0.2, 0.25) is 0 Å². The topological polar surface area (TPSA) is 51.2 Å². The lowest BCUT2D eigenvalue weighted by Crippen LogP contribution is -2.30. The molecule has 0 unspecified atom stereocenters. The number of nitrogens with one attached hydrogen (secondary N) is 1. The molecule has 1 N–H and O–H groups in total. The van der Waals surface area contributed by atoms with Crippen molar-refractivity contribution in [3.63, 3.8) is 0 Å². The number of rotatable bonds is 10. The molecule has 0 aliphatic heterocycles. The van der Waals surface area contributed by atoms with Gasteiger partial charge in [-0.3, -0.25) is 9.78 Å². The van der Waals surface area contributed by atoms with Crippen LogP contribution >= 0.6 is 0 Å². The summed E-state index contributed by atoms with van der Waals surface area (Å²) < 4.78 is 5.72. The Labute approximate surface area is 140 Å². The van der Waals surface area contributed by atoms with Crippen LogP contribution in [0.1, 0.15) is 69.5 Å². The van der Waals surface area contributed by atoms with E-state index in [0.717, 1.165) is 37.3 Å². The summed E-state index contributed by atoms with van der Waals surface area (Å²) in [6.45, 7) is 3.08. The van der Waals surface area contributed by atoms with Gasteiger partial charge in [0.25, 0.3) is 5.91 Å². The average molecular weight is 318 g/mol. The van der Waals surface area contributed by atoms with Gasteiger partial charge < -0.3 is 10.1 Å². The number of aromatic nitrogens is 1. The molecule has 1 amide bonds. The van der Waals surface area contributed by atoms with E-state index >= 15 is 0 Å². The summed E-state index contributed by atoms with van der Waals surface area (Å²) in [6, 6.07) is 1.88. The van der Waals surface area contributed by atoms with Crippen molar-refractivity contribution in [2.45, 2.75) is 71.1 Å². The number of ether oxygens (including phenoxy) is 1. The van der Waals surface area contributed by atoms with Crippen LogP contribution in [0.3, 0.4) is 0 Å².